The van der Waals surface area contributed by atoms with Gasteiger partial charge in [-0.2, -0.15) is 22.1 Å². The number of nitriles is 1. The Balaban J connectivity index is 1.31. The van der Waals surface area contributed by atoms with Crippen LogP contribution >= 0.6 is 11.3 Å². The molecule has 0 saturated heterocycles. The van der Waals surface area contributed by atoms with Crippen molar-refractivity contribution in [3.05, 3.63) is 132 Å². The highest BCUT2D eigenvalue weighted by Gasteiger charge is 2.20. The minimum Gasteiger partial charge on any atom is -0.339 e. The van der Waals surface area contributed by atoms with Gasteiger partial charge in [-0.05, 0) is 84.4 Å². The van der Waals surface area contributed by atoms with Crippen LogP contribution < -0.4 is 10.6 Å². The number of aromatic nitrogens is 2. The van der Waals surface area contributed by atoms with E-state index in [1.54, 1.807) is 6.92 Å². The second-order valence-corrected chi connectivity index (χ2v) is 15.8. The van der Waals surface area contributed by atoms with Crippen molar-refractivity contribution in [3.8, 4) is 17.3 Å². The molecule has 0 unspecified atom stereocenters. The van der Waals surface area contributed by atoms with Crippen LogP contribution in [-0.4, -0.2) is 35.9 Å². The highest BCUT2D eigenvalue weighted by atomic mass is 32.2. The molecule has 15 nitrogen and oxygen atoms in total. The van der Waals surface area contributed by atoms with E-state index in [1.807, 2.05) is 72.8 Å². The second kappa shape index (κ2) is 15.5. The molecule has 0 amide bonds. The lowest BCUT2D eigenvalue weighted by atomic mass is 10.1. The van der Waals surface area contributed by atoms with Gasteiger partial charge in [0.15, 0.2) is 16.6 Å². The maximum Gasteiger partial charge on any atom is 0.294 e. The van der Waals surface area contributed by atoms with E-state index in [9.17, 15) is 31.2 Å². The first kappa shape index (κ1) is 37.6. The summed E-state index contributed by atoms with van der Waals surface area (Å²) in [7, 11) is -8.90. The lowest BCUT2D eigenvalue weighted by Crippen LogP contribution is -2.05. The molecule has 18 heteroatoms. The number of hydrogen-bond donors (Lipinski definition) is 4. The van der Waals surface area contributed by atoms with Crippen molar-refractivity contribution in [3.63, 3.8) is 0 Å². The van der Waals surface area contributed by atoms with E-state index >= 15 is 0 Å². The number of thiazole rings is 1. The van der Waals surface area contributed by atoms with Gasteiger partial charge in [0.25, 0.3) is 20.2 Å². The predicted molar refractivity (Wildman–Crippen MR) is 213 cm³/mol. The van der Waals surface area contributed by atoms with Crippen molar-refractivity contribution in [2.75, 3.05) is 10.6 Å². The van der Waals surface area contributed by atoms with Gasteiger partial charge in [-0.3, -0.25) is 9.11 Å². The largest absolute Gasteiger partial charge is 0.339 e. The molecule has 7 aromatic rings. The Morgan fingerprint density at radius 3 is 1.86 bits per heavy atom. The Kier molecular flexibility index (Phi) is 10.4. The minimum absolute atomic E-state index is 0.0667. The standard InChI is InChI=1S/C38H27N9O6S3/c1-23-32(22-39)35(40-27-13-17-30(18-14-27)55(48,49)50)43-36(41-28-15-19-31(20-16-28)56(51,52)53)33(23)45-47-38-42-34(26-12-11-24-7-5-6-8-25(24)21-26)37(54-38)46-44-29-9-3-2-4-10-29/h2-21H,1H3,(H2,40,41,43)(H,48,49,50)(H,51,52,53)/b46-44?,47-45+. The summed E-state index contributed by atoms with van der Waals surface area (Å²) in [6.45, 7) is 1.63. The van der Waals surface area contributed by atoms with E-state index < -0.39 is 20.2 Å². The van der Waals surface area contributed by atoms with Crippen LogP contribution in [0.4, 0.5) is 44.5 Å². The summed E-state index contributed by atoms with van der Waals surface area (Å²) in [5.41, 5.74) is 3.21. The molecule has 0 aliphatic rings. The van der Waals surface area contributed by atoms with Crippen molar-refractivity contribution in [2.45, 2.75) is 16.7 Å². The lowest BCUT2D eigenvalue weighted by Gasteiger charge is -2.16. The maximum atomic E-state index is 11.7. The minimum atomic E-state index is -4.46. The topological polar surface area (TPSA) is 232 Å². The number of hydrogen-bond acceptors (Lipinski definition) is 14. The SMILES string of the molecule is Cc1c(C#N)c(Nc2ccc(S(=O)(=O)O)cc2)nc(Nc2ccc(S(=O)(=O)O)cc2)c1/N=N/c1nc(-c2ccc3ccccc3c2)c(N=Nc2ccccc2)s1. The Morgan fingerprint density at radius 2 is 1.25 bits per heavy atom. The fourth-order valence-corrected chi connectivity index (χ4v) is 7.15. The molecule has 5 aromatic carbocycles. The summed E-state index contributed by atoms with van der Waals surface area (Å²) >= 11 is 1.14. The van der Waals surface area contributed by atoms with Crippen molar-refractivity contribution >= 4 is 86.9 Å². The Bertz CT molecular complexity index is 2930. The van der Waals surface area contributed by atoms with Crippen LogP contribution in [0.15, 0.2) is 152 Å². The van der Waals surface area contributed by atoms with E-state index in [1.165, 1.54) is 48.5 Å². The number of benzene rings is 5. The predicted octanol–water partition coefficient (Wildman–Crippen LogP) is 10.3. The van der Waals surface area contributed by atoms with E-state index in [2.05, 4.69) is 42.1 Å². The smallest absolute Gasteiger partial charge is 0.294 e. The molecule has 0 spiro atoms. The van der Waals surface area contributed by atoms with Crippen LogP contribution in [-0.2, 0) is 20.2 Å². The number of nitrogens with one attached hydrogen (secondary N) is 2. The molecule has 0 atom stereocenters. The molecule has 0 aliphatic heterocycles. The maximum absolute atomic E-state index is 11.7. The number of pyridine rings is 1. The van der Waals surface area contributed by atoms with Crippen LogP contribution in [0.3, 0.4) is 0 Å². The first-order chi connectivity index (χ1) is 26.9. The summed E-state index contributed by atoms with van der Waals surface area (Å²) in [6.07, 6.45) is 0. The first-order valence-electron chi connectivity index (χ1n) is 16.4. The summed E-state index contributed by atoms with van der Waals surface area (Å²) < 4.78 is 65.3. The van der Waals surface area contributed by atoms with Crippen molar-refractivity contribution in [1.29, 1.82) is 5.26 Å². The van der Waals surface area contributed by atoms with E-state index in [0.717, 1.165) is 27.7 Å². The average Bonchev–Trinajstić information content (AvgIpc) is 3.60. The molecule has 0 bridgehead atoms. The summed E-state index contributed by atoms with van der Waals surface area (Å²) in [6, 6.07) is 35.5. The average molecular weight is 802 g/mol. The van der Waals surface area contributed by atoms with Gasteiger partial charge in [0.05, 0.1) is 21.0 Å². The van der Waals surface area contributed by atoms with Crippen molar-refractivity contribution in [1.82, 2.24) is 9.97 Å². The summed E-state index contributed by atoms with van der Waals surface area (Å²) in [4.78, 5) is 8.75. The highest BCUT2D eigenvalue weighted by molar-refractivity contribution is 7.86. The fourth-order valence-electron chi connectivity index (χ4n) is 5.45. The van der Waals surface area contributed by atoms with E-state index in [0.29, 0.717) is 33.3 Å². The van der Waals surface area contributed by atoms with Crippen molar-refractivity contribution < 1.29 is 25.9 Å². The molecule has 7 rings (SSSR count). The highest BCUT2D eigenvalue weighted by Crippen LogP contribution is 2.43. The van der Waals surface area contributed by atoms with Crippen LogP contribution in [0.1, 0.15) is 11.1 Å². The zero-order chi connectivity index (χ0) is 39.5. The molecule has 0 saturated carbocycles. The van der Waals surface area contributed by atoms with Gasteiger partial charge in [0, 0.05) is 22.5 Å². The molecule has 4 N–H and O–H groups in total. The van der Waals surface area contributed by atoms with Crippen molar-refractivity contribution in [2.24, 2.45) is 20.5 Å². The normalized spacial score (nSPS) is 12.0. The summed E-state index contributed by atoms with van der Waals surface area (Å²) in [5.74, 6) is 0.161. The molecule has 2 heterocycles. The van der Waals surface area contributed by atoms with Gasteiger partial charge in [-0.1, -0.05) is 65.9 Å². The monoisotopic (exact) mass is 801 g/mol. The summed E-state index contributed by atoms with van der Waals surface area (Å²) in [5, 5.41) is 37.0. The third-order valence-electron chi connectivity index (χ3n) is 8.23. The van der Waals surface area contributed by atoms with Crippen LogP contribution in [0.2, 0.25) is 0 Å². The first-order valence-corrected chi connectivity index (χ1v) is 20.1. The number of rotatable bonds is 11. The van der Waals surface area contributed by atoms with Gasteiger partial charge in [0.2, 0.25) is 5.13 Å². The molecule has 278 valence electrons. The zero-order valence-electron chi connectivity index (χ0n) is 28.9. The molecule has 56 heavy (non-hydrogen) atoms. The quantitative estimate of drug-likeness (QED) is 0.0709. The Labute approximate surface area is 324 Å². The molecule has 0 radical (unpaired) electrons. The van der Waals surface area contributed by atoms with Gasteiger partial charge in [-0.15, -0.1) is 20.5 Å². The fraction of sp³-hybridized carbons (Fsp3) is 0.0263. The van der Waals surface area contributed by atoms with Gasteiger partial charge in [0.1, 0.15) is 17.5 Å². The van der Waals surface area contributed by atoms with E-state index in [-0.39, 0.29) is 37.8 Å². The van der Waals surface area contributed by atoms with Gasteiger partial charge in [-0.25, -0.2) is 9.97 Å². The number of azo groups is 2. The molecule has 2 aromatic heterocycles. The molecular formula is C38H27N9O6S3. The third kappa shape index (κ3) is 8.47. The Hall–Kier alpha value is -6.75. The third-order valence-corrected chi connectivity index (χ3v) is 10.8. The molecular weight excluding hydrogens is 775 g/mol. The molecule has 0 aliphatic carbocycles. The second-order valence-electron chi connectivity index (χ2n) is 12.0. The Morgan fingerprint density at radius 1 is 0.661 bits per heavy atom. The van der Waals surface area contributed by atoms with E-state index in [4.69, 9.17) is 4.98 Å². The number of anilines is 4. The molecule has 0 fully saturated rings. The number of fused-ring (bicyclic) bond motifs is 1. The zero-order valence-corrected chi connectivity index (χ0v) is 31.4. The number of nitrogens with zero attached hydrogens (tertiary/aromatic N) is 7. The van der Waals surface area contributed by atoms with Crippen LogP contribution in [0, 0.1) is 18.3 Å². The van der Waals surface area contributed by atoms with Crippen LogP contribution in [0.25, 0.3) is 22.0 Å². The van der Waals surface area contributed by atoms with Gasteiger partial charge < -0.3 is 10.6 Å². The van der Waals surface area contributed by atoms with Crippen LogP contribution in [0.5, 0.6) is 0 Å². The lowest BCUT2D eigenvalue weighted by molar-refractivity contribution is 0.481. The van der Waals surface area contributed by atoms with Gasteiger partial charge >= 0.3 is 0 Å².